The van der Waals surface area contributed by atoms with Crippen LogP contribution >= 0.6 is 0 Å². The summed E-state index contributed by atoms with van der Waals surface area (Å²) in [5, 5.41) is 14.2. The van der Waals surface area contributed by atoms with Crippen molar-refractivity contribution in [1.29, 1.82) is 0 Å². The van der Waals surface area contributed by atoms with E-state index in [0.717, 1.165) is 5.56 Å². The molecule has 1 aromatic carbocycles. The molecule has 0 saturated carbocycles. The quantitative estimate of drug-likeness (QED) is 0.671. The number of carboxylic acids is 1. The number of ether oxygens (including phenoxy) is 1. The zero-order valence-electron chi connectivity index (χ0n) is 14.4. The SMILES string of the molecule is COCC(NC(=O)c1ccc(NC(=O)CC(C)C)c(C)c1)C(=O)O. The molecule has 7 heteroatoms. The van der Waals surface area contributed by atoms with Gasteiger partial charge in [-0.15, -0.1) is 0 Å². The van der Waals surface area contributed by atoms with Crippen molar-refractivity contribution in [2.45, 2.75) is 33.2 Å². The van der Waals surface area contributed by atoms with Crippen LogP contribution in [0.4, 0.5) is 5.69 Å². The van der Waals surface area contributed by atoms with Gasteiger partial charge >= 0.3 is 5.97 Å². The molecule has 1 aromatic rings. The van der Waals surface area contributed by atoms with E-state index in [1.54, 1.807) is 25.1 Å². The predicted molar refractivity (Wildman–Crippen MR) is 90.0 cm³/mol. The van der Waals surface area contributed by atoms with Gasteiger partial charge in [-0.2, -0.15) is 0 Å². The molecule has 7 nitrogen and oxygen atoms in total. The molecule has 2 amide bonds. The van der Waals surface area contributed by atoms with E-state index in [-0.39, 0.29) is 18.4 Å². The van der Waals surface area contributed by atoms with Gasteiger partial charge in [-0.05, 0) is 36.6 Å². The smallest absolute Gasteiger partial charge is 0.328 e. The summed E-state index contributed by atoms with van der Waals surface area (Å²) in [7, 11) is 1.36. The number of aliphatic carboxylic acids is 1. The molecular formula is C17H24N2O5. The molecule has 0 heterocycles. The van der Waals surface area contributed by atoms with Crippen LogP contribution in [-0.4, -0.2) is 42.6 Å². The fourth-order valence-corrected chi connectivity index (χ4v) is 2.10. The zero-order chi connectivity index (χ0) is 18.3. The Morgan fingerprint density at radius 2 is 1.92 bits per heavy atom. The van der Waals surface area contributed by atoms with E-state index in [0.29, 0.717) is 17.7 Å². The van der Waals surface area contributed by atoms with Gasteiger partial charge in [-0.3, -0.25) is 9.59 Å². The maximum atomic E-state index is 12.1. The standard InChI is InChI=1S/C17H24N2O5/c1-10(2)7-15(20)18-13-6-5-12(8-11(13)3)16(21)19-14(9-24-4)17(22)23/h5-6,8,10,14H,7,9H2,1-4H3,(H,18,20)(H,19,21)(H,22,23). The molecule has 24 heavy (non-hydrogen) atoms. The second-order valence-electron chi connectivity index (χ2n) is 6.00. The molecule has 132 valence electrons. The van der Waals surface area contributed by atoms with E-state index >= 15 is 0 Å². The highest BCUT2D eigenvalue weighted by molar-refractivity contribution is 5.98. The van der Waals surface area contributed by atoms with Gasteiger partial charge in [0, 0.05) is 24.8 Å². The molecule has 0 fully saturated rings. The van der Waals surface area contributed by atoms with Crippen LogP contribution in [0, 0.1) is 12.8 Å². The van der Waals surface area contributed by atoms with Crippen LogP contribution in [0.15, 0.2) is 18.2 Å². The van der Waals surface area contributed by atoms with Crippen LogP contribution in [0.3, 0.4) is 0 Å². The molecule has 0 saturated heterocycles. The van der Waals surface area contributed by atoms with Crippen LogP contribution in [0.1, 0.15) is 36.2 Å². The number of amides is 2. The van der Waals surface area contributed by atoms with Crippen molar-refractivity contribution in [1.82, 2.24) is 5.32 Å². The zero-order valence-corrected chi connectivity index (χ0v) is 14.4. The van der Waals surface area contributed by atoms with Crippen LogP contribution in [0.25, 0.3) is 0 Å². The molecule has 1 rings (SSSR count). The van der Waals surface area contributed by atoms with Gasteiger partial charge in [-0.1, -0.05) is 13.8 Å². The highest BCUT2D eigenvalue weighted by Gasteiger charge is 2.20. The van der Waals surface area contributed by atoms with E-state index in [4.69, 9.17) is 9.84 Å². The first kappa shape index (κ1) is 19.6. The van der Waals surface area contributed by atoms with Gasteiger partial charge in [0.15, 0.2) is 6.04 Å². The number of hydrogen-bond acceptors (Lipinski definition) is 4. The van der Waals surface area contributed by atoms with Crippen molar-refractivity contribution in [2.24, 2.45) is 5.92 Å². The van der Waals surface area contributed by atoms with Crippen molar-refractivity contribution >= 4 is 23.5 Å². The number of rotatable bonds is 8. The molecule has 0 aromatic heterocycles. The summed E-state index contributed by atoms with van der Waals surface area (Å²) in [4.78, 5) is 35.0. The lowest BCUT2D eigenvalue weighted by molar-refractivity contribution is -0.140. The van der Waals surface area contributed by atoms with Gasteiger partial charge in [0.2, 0.25) is 5.91 Å². The monoisotopic (exact) mass is 336 g/mol. The van der Waals surface area contributed by atoms with Gasteiger partial charge in [0.25, 0.3) is 5.91 Å². The van der Waals surface area contributed by atoms with Crippen molar-refractivity contribution in [3.8, 4) is 0 Å². The summed E-state index contributed by atoms with van der Waals surface area (Å²) >= 11 is 0. The molecule has 0 radical (unpaired) electrons. The summed E-state index contributed by atoms with van der Waals surface area (Å²) in [5.74, 6) is -1.51. The van der Waals surface area contributed by atoms with Crippen LogP contribution in [0.5, 0.6) is 0 Å². The fourth-order valence-electron chi connectivity index (χ4n) is 2.10. The lowest BCUT2D eigenvalue weighted by Gasteiger charge is -2.15. The largest absolute Gasteiger partial charge is 0.480 e. The van der Waals surface area contributed by atoms with E-state index < -0.39 is 17.9 Å². The van der Waals surface area contributed by atoms with Crippen molar-refractivity contribution in [3.05, 3.63) is 29.3 Å². The van der Waals surface area contributed by atoms with Gasteiger partial charge in [0.1, 0.15) is 0 Å². The average molecular weight is 336 g/mol. The van der Waals surface area contributed by atoms with Crippen molar-refractivity contribution in [2.75, 3.05) is 19.0 Å². The average Bonchev–Trinajstić information content (AvgIpc) is 2.47. The molecule has 0 aliphatic carbocycles. The van der Waals surface area contributed by atoms with E-state index in [9.17, 15) is 14.4 Å². The van der Waals surface area contributed by atoms with E-state index in [2.05, 4.69) is 10.6 Å². The Bertz CT molecular complexity index is 613. The molecular weight excluding hydrogens is 312 g/mol. The number of carboxylic acid groups (broad SMARTS) is 1. The Kier molecular flexibility index (Phi) is 7.38. The van der Waals surface area contributed by atoms with Crippen molar-refractivity contribution < 1.29 is 24.2 Å². The number of hydrogen-bond donors (Lipinski definition) is 3. The van der Waals surface area contributed by atoms with Crippen LogP contribution in [0.2, 0.25) is 0 Å². The lowest BCUT2D eigenvalue weighted by atomic mass is 10.1. The number of nitrogens with one attached hydrogen (secondary N) is 2. The minimum absolute atomic E-state index is 0.0867. The Hall–Kier alpha value is -2.41. The first-order valence-corrected chi connectivity index (χ1v) is 7.67. The molecule has 1 unspecified atom stereocenters. The van der Waals surface area contributed by atoms with E-state index in [1.165, 1.54) is 7.11 Å². The third kappa shape index (κ3) is 6.00. The van der Waals surface area contributed by atoms with Crippen LogP contribution in [-0.2, 0) is 14.3 Å². The third-order valence-electron chi connectivity index (χ3n) is 3.29. The fraction of sp³-hybridized carbons (Fsp3) is 0.471. The normalized spacial score (nSPS) is 11.9. The minimum atomic E-state index is -1.17. The number of carbonyl (C=O) groups excluding carboxylic acids is 2. The Morgan fingerprint density at radius 3 is 2.42 bits per heavy atom. The lowest BCUT2D eigenvalue weighted by Crippen LogP contribution is -2.43. The number of aryl methyl sites for hydroxylation is 1. The summed E-state index contributed by atoms with van der Waals surface area (Å²) < 4.78 is 4.78. The maximum absolute atomic E-state index is 12.1. The number of benzene rings is 1. The first-order chi connectivity index (χ1) is 11.2. The van der Waals surface area contributed by atoms with Gasteiger partial charge in [-0.25, -0.2) is 4.79 Å². The molecule has 0 aliphatic heterocycles. The summed E-state index contributed by atoms with van der Waals surface area (Å²) in [6.45, 7) is 5.56. The Labute approximate surface area is 141 Å². The summed E-state index contributed by atoms with van der Waals surface area (Å²) in [6.07, 6.45) is 0.416. The van der Waals surface area contributed by atoms with Crippen molar-refractivity contribution in [3.63, 3.8) is 0 Å². The Balaban J connectivity index is 2.81. The molecule has 1 atom stereocenters. The minimum Gasteiger partial charge on any atom is -0.480 e. The van der Waals surface area contributed by atoms with E-state index in [1.807, 2.05) is 13.8 Å². The molecule has 0 aliphatic rings. The van der Waals surface area contributed by atoms with Crippen LogP contribution < -0.4 is 10.6 Å². The van der Waals surface area contributed by atoms with Gasteiger partial charge in [0.05, 0.1) is 6.61 Å². The topological polar surface area (TPSA) is 105 Å². The van der Waals surface area contributed by atoms with Gasteiger partial charge < -0.3 is 20.5 Å². The highest BCUT2D eigenvalue weighted by Crippen LogP contribution is 2.17. The Morgan fingerprint density at radius 1 is 1.25 bits per heavy atom. The second kappa shape index (κ2) is 9.02. The number of anilines is 1. The highest BCUT2D eigenvalue weighted by atomic mass is 16.5. The molecule has 0 bridgehead atoms. The first-order valence-electron chi connectivity index (χ1n) is 7.67. The number of carbonyl (C=O) groups is 3. The molecule has 0 spiro atoms. The number of methoxy groups -OCH3 is 1. The predicted octanol–water partition coefficient (Wildman–Crippen LogP) is 1.81. The summed E-state index contributed by atoms with van der Waals surface area (Å²) in [6, 6.07) is 3.66. The third-order valence-corrected chi connectivity index (χ3v) is 3.29. The molecule has 3 N–H and O–H groups in total. The summed E-state index contributed by atoms with van der Waals surface area (Å²) in [5.41, 5.74) is 1.67. The maximum Gasteiger partial charge on any atom is 0.328 e. The second-order valence-corrected chi connectivity index (χ2v) is 6.00.